The number of nitriles is 1. The molecule has 0 amide bonds. The Labute approximate surface area is 165 Å². The predicted molar refractivity (Wildman–Crippen MR) is 105 cm³/mol. The summed E-state index contributed by atoms with van der Waals surface area (Å²) in [6, 6.07) is 14.1. The highest BCUT2D eigenvalue weighted by Crippen LogP contribution is 2.34. The standard InChI is InChI=1S/C19H15N3O4S2/c1-26-12-8-9-14(17-15(11-20)18(23)22-19(21-17)27-2)16(10-12)28(24,25)13-6-4-3-5-7-13/h3-10H,1-2H3,(H,21,22,23). The van der Waals surface area contributed by atoms with Crippen LogP contribution in [0.3, 0.4) is 0 Å². The first kappa shape index (κ1) is 19.7. The maximum atomic E-state index is 13.3. The van der Waals surface area contributed by atoms with Crippen LogP contribution < -0.4 is 10.3 Å². The quantitative estimate of drug-likeness (QED) is 0.505. The Morgan fingerprint density at radius 2 is 1.89 bits per heavy atom. The normalized spacial score (nSPS) is 11.0. The van der Waals surface area contributed by atoms with Crippen LogP contribution in [0.4, 0.5) is 0 Å². The Bertz CT molecular complexity index is 1230. The van der Waals surface area contributed by atoms with Crippen molar-refractivity contribution in [2.24, 2.45) is 0 Å². The van der Waals surface area contributed by atoms with Gasteiger partial charge in [-0.2, -0.15) is 5.26 Å². The lowest BCUT2D eigenvalue weighted by Gasteiger charge is -2.13. The van der Waals surface area contributed by atoms with Gasteiger partial charge in [0.1, 0.15) is 17.4 Å². The zero-order valence-electron chi connectivity index (χ0n) is 15.0. The Kier molecular flexibility index (Phi) is 5.53. The molecular formula is C19H15N3O4S2. The summed E-state index contributed by atoms with van der Waals surface area (Å²) in [6.45, 7) is 0. The molecule has 0 aliphatic heterocycles. The van der Waals surface area contributed by atoms with Gasteiger partial charge in [-0.15, -0.1) is 0 Å². The average molecular weight is 413 g/mol. The molecule has 0 unspecified atom stereocenters. The summed E-state index contributed by atoms with van der Waals surface area (Å²) in [4.78, 5) is 19.1. The second-order valence-electron chi connectivity index (χ2n) is 5.59. The number of sulfone groups is 1. The van der Waals surface area contributed by atoms with Crippen molar-refractivity contribution >= 4 is 21.6 Å². The molecule has 0 radical (unpaired) electrons. The van der Waals surface area contributed by atoms with E-state index in [-0.39, 0.29) is 31.8 Å². The van der Waals surface area contributed by atoms with Gasteiger partial charge in [0.15, 0.2) is 5.16 Å². The summed E-state index contributed by atoms with van der Waals surface area (Å²) in [7, 11) is -2.53. The predicted octanol–water partition coefficient (Wildman–Crippen LogP) is 2.87. The van der Waals surface area contributed by atoms with E-state index in [1.54, 1.807) is 30.5 Å². The minimum atomic E-state index is -3.96. The van der Waals surface area contributed by atoms with Crippen LogP contribution in [0.5, 0.6) is 5.75 Å². The topological polar surface area (TPSA) is 113 Å². The smallest absolute Gasteiger partial charge is 0.270 e. The number of nitrogens with zero attached hydrogens (tertiary/aromatic N) is 2. The molecule has 3 rings (SSSR count). The van der Waals surface area contributed by atoms with E-state index in [0.29, 0.717) is 5.75 Å². The average Bonchev–Trinajstić information content (AvgIpc) is 2.73. The molecule has 1 N–H and O–H groups in total. The third kappa shape index (κ3) is 3.52. The fraction of sp³-hybridized carbons (Fsp3) is 0.105. The maximum absolute atomic E-state index is 13.3. The molecule has 0 saturated carbocycles. The number of aromatic nitrogens is 2. The van der Waals surface area contributed by atoms with Crippen molar-refractivity contribution in [2.45, 2.75) is 14.9 Å². The van der Waals surface area contributed by atoms with Gasteiger partial charge in [0.2, 0.25) is 9.84 Å². The Hall–Kier alpha value is -3.09. The fourth-order valence-corrected chi connectivity index (χ4v) is 4.49. The summed E-state index contributed by atoms with van der Waals surface area (Å²) in [6.07, 6.45) is 1.71. The van der Waals surface area contributed by atoms with Crippen molar-refractivity contribution < 1.29 is 13.2 Å². The molecule has 7 nitrogen and oxygen atoms in total. The summed E-state index contributed by atoms with van der Waals surface area (Å²) in [5.74, 6) is 0.326. The number of nitrogens with one attached hydrogen (secondary N) is 1. The van der Waals surface area contributed by atoms with Crippen molar-refractivity contribution in [1.82, 2.24) is 9.97 Å². The number of hydrogen-bond acceptors (Lipinski definition) is 7. The molecule has 0 spiro atoms. The van der Waals surface area contributed by atoms with Crippen molar-refractivity contribution in [2.75, 3.05) is 13.4 Å². The van der Waals surface area contributed by atoms with Crippen LogP contribution in [0.25, 0.3) is 11.3 Å². The Balaban J connectivity index is 2.38. The van der Waals surface area contributed by atoms with E-state index in [2.05, 4.69) is 9.97 Å². The third-order valence-electron chi connectivity index (χ3n) is 3.99. The molecule has 0 aliphatic carbocycles. The lowest BCUT2D eigenvalue weighted by Crippen LogP contribution is -2.15. The molecule has 0 aliphatic rings. The van der Waals surface area contributed by atoms with Crippen molar-refractivity contribution in [3.63, 3.8) is 0 Å². The second-order valence-corrected chi connectivity index (χ2v) is 8.30. The van der Waals surface area contributed by atoms with Gasteiger partial charge in [-0.05, 0) is 36.6 Å². The number of aromatic amines is 1. The van der Waals surface area contributed by atoms with Crippen LogP contribution in [0.15, 0.2) is 68.3 Å². The number of thioether (sulfide) groups is 1. The SMILES string of the molecule is COc1ccc(-c2nc(SC)[nH]c(=O)c2C#N)c(S(=O)(=O)c2ccccc2)c1. The first-order valence-electron chi connectivity index (χ1n) is 7.99. The van der Waals surface area contributed by atoms with Crippen LogP contribution in [-0.4, -0.2) is 31.8 Å². The number of H-pyrrole nitrogens is 1. The highest BCUT2D eigenvalue weighted by molar-refractivity contribution is 7.98. The first-order valence-corrected chi connectivity index (χ1v) is 10.7. The largest absolute Gasteiger partial charge is 0.497 e. The summed E-state index contributed by atoms with van der Waals surface area (Å²) < 4.78 is 31.7. The molecule has 0 saturated heterocycles. The van der Waals surface area contributed by atoms with Crippen LogP contribution in [0.1, 0.15) is 5.56 Å². The van der Waals surface area contributed by atoms with Gasteiger partial charge >= 0.3 is 0 Å². The zero-order valence-corrected chi connectivity index (χ0v) is 16.6. The van der Waals surface area contributed by atoms with Crippen LogP contribution >= 0.6 is 11.8 Å². The minimum absolute atomic E-state index is 0.00718. The van der Waals surface area contributed by atoms with E-state index < -0.39 is 15.4 Å². The van der Waals surface area contributed by atoms with E-state index in [1.165, 1.54) is 43.1 Å². The highest BCUT2D eigenvalue weighted by Gasteiger charge is 2.26. The molecule has 1 heterocycles. The third-order valence-corrected chi connectivity index (χ3v) is 6.38. The monoisotopic (exact) mass is 413 g/mol. The number of ether oxygens (including phenoxy) is 1. The van der Waals surface area contributed by atoms with Crippen molar-refractivity contribution in [3.8, 4) is 23.1 Å². The van der Waals surface area contributed by atoms with Gasteiger partial charge in [-0.3, -0.25) is 4.79 Å². The van der Waals surface area contributed by atoms with Gasteiger partial charge < -0.3 is 9.72 Å². The lowest BCUT2D eigenvalue weighted by molar-refractivity contribution is 0.413. The Morgan fingerprint density at radius 1 is 1.18 bits per heavy atom. The Morgan fingerprint density at radius 3 is 2.50 bits per heavy atom. The summed E-state index contributed by atoms with van der Waals surface area (Å²) in [5.41, 5.74) is -0.724. The molecule has 142 valence electrons. The van der Waals surface area contributed by atoms with E-state index in [4.69, 9.17) is 4.74 Å². The molecule has 9 heteroatoms. The molecule has 3 aromatic rings. The van der Waals surface area contributed by atoms with E-state index in [0.717, 1.165) is 0 Å². The molecule has 2 aromatic carbocycles. The fourth-order valence-electron chi connectivity index (χ4n) is 2.62. The molecule has 28 heavy (non-hydrogen) atoms. The van der Waals surface area contributed by atoms with E-state index >= 15 is 0 Å². The minimum Gasteiger partial charge on any atom is -0.497 e. The first-order chi connectivity index (χ1) is 13.4. The molecule has 1 aromatic heterocycles. The molecule has 0 atom stereocenters. The number of methoxy groups -OCH3 is 1. The molecule has 0 bridgehead atoms. The van der Waals surface area contributed by atoms with Crippen LogP contribution in [0.2, 0.25) is 0 Å². The number of rotatable bonds is 5. The zero-order chi connectivity index (χ0) is 20.3. The summed E-state index contributed by atoms with van der Waals surface area (Å²) in [5, 5.41) is 9.72. The highest BCUT2D eigenvalue weighted by atomic mass is 32.2. The van der Waals surface area contributed by atoms with Crippen molar-refractivity contribution in [3.05, 3.63) is 64.4 Å². The number of hydrogen-bond donors (Lipinski definition) is 1. The van der Waals surface area contributed by atoms with Crippen LogP contribution in [0, 0.1) is 11.3 Å². The van der Waals surface area contributed by atoms with Crippen LogP contribution in [-0.2, 0) is 9.84 Å². The van der Waals surface area contributed by atoms with Gasteiger partial charge in [-0.25, -0.2) is 13.4 Å². The molecular weight excluding hydrogens is 398 g/mol. The second kappa shape index (κ2) is 7.88. The van der Waals surface area contributed by atoms with Crippen molar-refractivity contribution in [1.29, 1.82) is 5.26 Å². The maximum Gasteiger partial charge on any atom is 0.270 e. The van der Waals surface area contributed by atoms with Gasteiger partial charge in [0.05, 0.1) is 22.6 Å². The van der Waals surface area contributed by atoms with Gasteiger partial charge in [-0.1, -0.05) is 30.0 Å². The van der Waals surface area contributed by atoms with Gasteiger partial charge in [0.25, 0.3) is 5.56 Å². The molecule has 0 fully saturated rings. The lowest BCUT2D eigenvalue weighted by atomic mass is 10.1. The van der Waals surface area contributed by atoms with E-state index in [1.807, 2.05) is 6.07 Å². The number of benzene rings is 2. The van der Waals surface area contributed by atoms with E-state index in [9.17, 15) is 18.5 Å². The van der Waals surface area contributed by atoms with Gasteiger partial charge in [0, 0.05) is 5.56 Å². The summed E-state index contributed by atoms with van der Waals surface area (Å²) >= 11 is 1.18.